The molecule has 0 aliphatic heterocycles. The number of carbonyl (C=O) groups is 2. The Labute approximate surface area is 168 Å². The molecular formula is C21H24N4O4. The molecule has 2 aromatic rings. The van der Waals surface area contributed by atoms with Crippen LogP contribution in [0.2, 0.25) is 0 Å². The fourth-order valence-corrected chi connectivity index (χ4v) is 2.67. The Hall–Kier alpha value is -3.42. The van der Waals surface area contributed by atoms with Crippen molar-refractivity contribution in [2.75, 3.05) is 10.6 Å². The molecule has 0 aromatic heterocycles. The maximum Gasteiger partial charge on any atom is 0.293 e. The first-order valence-corrected chi connectivity index (χ1v) is 9.56. The van der Waals surface area contributed by atoms with Gasteiger partial charge in [0.2, 0.25) is 5.91 Å². The molecule has 0 heterocycles. The summed E-state index contributed by atoms with van der Waals surface area (Å²) in [4.78, 5) is 35.0. The predicted octanol–water partition coefficient (Wildman–Crippen LogP) is 3.69. The zero-order valence-corrected chi connectivity index (χ0v) is 16.4. The van der Waals surface area contributed by atoms with Crippen molar-refractivity contribution in [3.8, 4) is 0 Å². The predicted molar refractivity (Wildman–Crippen MR) is 111 cm³/mol. The summed E-state index contributed by atoms with van der Waals surface area (Å²) in [7, 11) is 0. The average Bonchev–Trinajstić information content (AvgIpc) is 3.51. The molecule has 0 spiro atoms. The van der Waals surface area contributed by atoms with Gasteiger partial charge in [0.15, 0.2) is 0 Å². The summed E-state index contributed by atoms with van der Waals surface area (Å²) in [5.74, 6) is -0.556. The van der Waals surface area contributed by atoms with Crippen LogP contribution in [0, 0.1) is 16.0 Å². The number of hydrogen-bond donors (Lipinski definition) is 3. The van der Waals surface area contributed by atoms with Crippen molar-refractivity contribution in [1.82, 2.24) is 5.32 Å². The van der Waals surface area contributed by atoms with Gasteiger partial charge in [-0.05, 0) is 42.7 Å². The number of amides is 2. The molecule has 8 heteroatoms. The standard InChI is InChI=1S/C21H24N4O4/c1-13(2)20(26)24-17-6-3-14(4-7-17)12-22-21(27)15-5-10-18(23-16-8-9-16)19(11-15)25(28)29/h3-7,10-11,13,16,23H,8-9,12H2,1-2H3,(H,22,27)(H,24,26). The fourth-order valence-electron chi connectivity index (χ4n) is 2.67. The highest BCUT2D eigenvalue weighted by molar-refractivity contribution is 5.95. The van der Waals surface area contributed by atoms with Crippen molar-refractivity contribution in [3.63, 3.8) is 0 Å². The van der Waals surface area contributed by atoms with E-state index in [1.54, 1.807) is 36.4 Å². The Morgan fingerprint density at radius 1 is 1.14 bits per heavy atom. The van der Waals surface area contributed by atoms with Gasteiger partial charge in [-0.2, -0.15) is 0 Å². The smallest absolute Gasteiger partial charge is 0.293 e. The number of nitro benzene ring substituents is 1. The zero-order chi connectivity index (χ0) is 21.0. The number of carbonyl (C=O) groups excluding carboxylic acids is 2. The van der Waals surface area contributed by atoms with Gasteiger partial charge in [0.1, 0.15) is 5.69 Å². The summed E-state index contributed by atoms with van der Waals surface area (Å²) < 4.78 is 0. The number of hydrogen-bond acceptors (Lipinski definition) is 5. The Morgan fingerprint density at radius 3 is 2.41 bits per heavy atom. The van der Waals surface area contributed by atoms with Gasteiger partial charge in [0.25, 0.3) is 11.6 Å². The van der Waals surface area contributed by atoms with Gasteiger partial charge in [-0.1, -0.05) is 26.0 Å². The summed E-state index contributed by atoms with van der Waals surface area (Å²) in [6.45, 7) is 3.91. The molecule has 0 unspecified atom stereocenters. The lowest BCUT2D eigenvalue weighted by Gasteiger charge is -2.10. The molecule has 2 amide bonds. The second kappa shape index (κ2) is 8.72. The van der Waals surface area contributed by atoms with Gasteiger partial charge in [-0.3, -0.25) is 19.7 Å². The van der Waals surface area contributed by atoms with Crippen LogP contribution in [-0.2, 0) is 11.3 Å². The number of rotatable bonds is 8. The van der Waals surface area contributed by atoms with Gasteiger partial charge in [0.05, 0.1) is 4.92 Å². The second-order valence-corrected chi connectivity index (χ2v) is 7.43. The van der Waals surface area contributed by atoms with Crippen molar-refractivity contribution < 1.29 is 14.5 Å². The molecule has 0 radical (unpaired) electrons. The third-order valence-corrected chi connectivity index (χ3v) is 4.59. The highest BCUT2D eigenvalue weighted by Crippen LogP contribution is 2.31. The first kappa shape index (κ1) is 20.3. The first-order valence-electron chi connectivity index (χ1n) is 9.56. The summed E-state index contributed by atoms with van der Waals surface area (Å²) in [6, 6.07) is 11.9. The molecule has 1 aliphatic carbocycles. The molecule has 29 heavy (non-hydrogen) atoms. The average molecular weight is 396 g/mol. The number of benzene rings is 2. The van der Waals surface area contributed by atoms with E-state index in [2.05, 4.69) is 16.0 Å². The number of nitro groups is 1. The van der Waals surface area contributed by atoms with Crippen LogP contribution in [0.5, 0.6) is 0 Å². The van der Waals surface area contributed by atoms with Gasteiger partial charge in [0, 0.05) is 35.8 Å². The molecule has 2 aromatic carbocycles. The Morgan fingerprint density at radius 2 is 1.83 bits per heavy atom. The van der Waals surface area contributed by atoms with Crippen LogP contribution in [0.4, 0.5) is 17.1 Å². The molecule has 3 rings (SSSR count). The molecule has 3 N–H and O–H groups in total. The van der Waals surface area contributed by atoms with Crippen molar-refractivity contribution in [3.05, 3.63) is 63.7 Å². The van der Waals surface area contributed by atoms with Crippen molar-refractivity contribution in [2.45, 2.75) is 39.3 Å². The molecule has 0 saturated heterocycles. The monoisotopic (exact) mass is 396 g/mol. The van der Waals surface area contributed by atoms with E-state index < -0.39 is 4.92 Å². The van der Waals surface area contributed by atoms with Gasteiger partial charge < -0.3 is 16.0 Å². The van der Waals surface area contributed by atoms with Crippen molar-refractivity contribution in [1.29, 1.82) is 0 Å². The van der Waals surface area contributed by atoms with E-state index in [1.807, 2.05) is 13.8 Å². The SMILES string of the molecule is CC(C)C(=O)Nc1ccc(CNC(=O)c2ccc(NC3CC3)c([N+](=O)[O-])c2)cc1. The Kier molecular flexibility index (Phi) is 6.11. The van der Waals surface area contributed by atoms with E-state index in [-0.39, 0.29) is 41.6 Å². The van der Waals surface area contributed by atoms with Crippen molar-refractivity contribution in [2.24, 2.45) is 5.92 Å². The van der Waals surface area contributed by atoms with E-state index in [1.165, 1.54) is 6.07 Å². The number of nitrogens with zero attached hydrogens (tertiary/aromatic N) is 1. The largest absolute Gasteiger partial charge is 0.377 e. The third kappa shape index (κ3) is 5.54. The molecule has 0 atom stereocenters. The highest BCUT2D eigenvalue weighted by Gasteiger charge is 2.25. The van der Waals surface area contributed by atoms with Gasteiger partial charge in [-0.25, -0.2) is 0 Å². The van der Waals surface area contributed by atoms with E-state index in [9.17, 15) is 19.7 Å². The molecule has 1 fully saturated rings. The van der Waals surface area contributed by atoms with E-state index in [0.717, 1.165) is 18.4 Å². The number of nitrogens with one attached hydrogen (secondary N) is 3. The van der Waals surface area contributed by atoms with E-state index >= 15 is 0 Å². The maximum atomic E-state index is 12.4. The summed E-state index contributed by atoms with van der Waals surface area (Å²) in [6.07, 6.45) is 2.00. The van der Waals surface area contributed by atoms with Crippen LogP contribution in [0.15, 0.2) is 42.5 Å². The van der Waals surface area contributed by atoms with Crippen LogP contribution in [0.3, 0.4) is 0 Å². The summed E-state index contributed by atoms with van der Waals surface area (Å²) >= 11 is 0. The van der Waals surface area contributed by atoms with Crippen LogP contribution < -0.4 is 16.0 Å². The molecule has 1 aliphatic rings. The topological polar surface area (TPSA) is 113 Å². The minimum Gasteiger partial charge on any atom is -0.377 e. The third-order valence-electron chi connectivity index (χ3n) is 4.59. The van der Waals surface area contributed by atoms with E-state index in [0.29, 0.717) is 11.4 Å². The van der Waals surface area contributed by atoms with Crippen LogP contribution in [0.1, 0.15) is 42.6 Å². The molecule has 0 bridgehead atoms. The number of anilines is 2. The molecule has 1 saturated carbocycles. The Balaban J connectivity index is 1.60. The summed E-state index contributed by atoms with van der Waals surface area (Å²) in [5.41, 5.74) is 2.11. The lowest BCUT2D eigenvalue weighted by atomic mass is 10.1. The van der Waals surface area contributed by atoms with Crippen molar-refractivity contribution >= 4 is 28.9 Å². The molecular weight excluding hydrogens is 372 g/mol. The minimum atomic E-state index is -0.480. The van der Waals surface area contributed by atoms with Crippen LogP contribution >= 0.6 is 0 Å². The highest BCUT2D eigenvalue weighted by atomic mass is 16.6. The quantitative estimate of drug-likeness (QED) is 0.465. The normalized spacial score (nSPS) is 13.1. The maximum absolute atomic E-state index is 12.4. The van der Waals surface area contributed by atoms with E-state index in [4.69, 9.17) is 0 Å². The van der Waals surface area contributed by atoms with Gasteiger partial charge in [-0.15, -0.1) is 0 Å². The Bertz CT molecular complexity index is 921. The fraction of sp³-hybridized carbons (Fsp3) is 0.333. The van der Waals surface area contributed by atoms with Crippen LogP contribution in [-0.4, -0.2) is 22.8 Å². The lowest BCUT2D eigenvalue weighted by molar-refractivity contribution is -0.384. The minimum absolute atomic E-state index is 0.0627. The molecule has 152 valence electrons. The first-order chi connectivity index (χ1) is 13.8. The molecule has 8 nitrogen and oxygen atoms in total. The van der Waals surface area contributed by atoms with Crippen LogP contribution in [0.25, 0.3) is 0 Å². The summed E-state index contributed by atoms with van der Waals surface area (Å²) in [5, 5.41) is 20.0. The van der Waals surface area contributed by atoms with Gasteiger partial charge >= 0.3 is 0 Å². The second-order valence-electron chi connectivity index (χ2n) is 7.43. The zero-order valence-electron chi connectivity index (χ0n) is 16.4. The lowest BCUT2D eigenvalue weighted by Crippen LogP contribution is -2.23.